The van der Waals surface area contributed by atoms with Crippen molar-refractivity contribution >= 4 is 28.5 Å². The number of fused-ring (bicyclic) bond motifs is 1. The molecule has 1 saturated heterocycles. The van der Waals surface area contributed by atoms with E-state index >= 15 is 0 Å². The fourth-order valence-corrected chi connectivity index (χ4v) is 4.57. The molecule has 37 heavy (non-hydrogen) atoms. The van der Waals surface area contributed by atoms with Gasteiger partial charge in [-0.05, 0) is 31.0 Å². The molecular formula is C26H27N7O4. The van der Waals surface area contributed by atoms with Crippen molar-refractivity contribution in [2.75, 3.05) is 44.7 Å². The number of aliphatic hydroxyl groups excluding tert-OH is 1. The lowest BCUT2D eigenvalue weighted by molar-refractivity contribution is 0.265. The van der Waals surface area contributed by atoms with E-state index in [0.717, 1.165) is 30.5 Å². The molecule has 3 heterocycles. The van der Waals surface area contributed by atoms with E-state index in [1.807, 2.05) is 33.9 Å². The van der Waals surface area contributed by atoms with Crippen LogP contribution in [-0.4, -0.2) is 65.1 Å². The highest BCUT2D eigenvalue weighted by Gasteiger charge is 2.27. The Kier molecular flexibility index (Phi) is 6.66. The van der Waals surface area contributed by atoms with Gasteiger partial charge in [-0.15, -0.1) is 0 Å². The van der Waals surface area contributed by atoms with Crippen LogP contribution in [0.25, 0.3) is 16.6 Å². The Morgan fingerprint density at radius 2 is 1.89 bits per heavy atom. The lowest BCUT2D eigenvalue weighted by Gasteiger charge is -2.24. The molecular weight excluding hydrogens is 474 g/mol. The van der Waals surface area contributed by atoms with Gasteiger partial charge in [-0.3, -0.25) is 0 Å². The van der Waals surface area contributed by atoms with Crippen molar-refractivity contribution in [2.24, 2.45) is 0 Å². The average Bonchev–Trinajstić information content (AvgIpc) is 3.61. The Balaban J connectivity index is 1.53. The third-order valence-electron chi connectivity index (χ3n) is 6.44. The molecule has 0 unspecified atom stereocenters. The van der Waals surface area contributed by atoms with Gasteiger partial charge in [-0.2, -0.15) is 10.2 Å². The molecule has 0 spiro atoms. The van der Waals surface area contributed by atoms with Gasteiger partial charge in [0.05, 0.1) is 63.0 Å². The number of hydrogen-bond acceptors (Lipinski definition) is 10. The van der Waals surface area contributed by atoms with Crippen LogP contribution in [0.1, 0.15) is 18.4 Å². The first-order valence-corrected chi connectivity index (χ1v) is 11.8. The summed E-state index contributed by atoms with van der Waals surface area (Å²) in [6.07, 6.45) is 5.32. The molecule has 0 radical (unpaired) electrons. The standard InChI is InChI=1S/C26H27N7O4/c1-35-21-10-18(11-22(36-2)24(21)37-3)32-13-23(28-15-32)30-25-19-7-6-16(12-27)9-20(19)29-26(31-25)33-8-4-5-17(33)14-34/h6-7,9-11,13,15,17,34H,4-5,8,14H2,1-3H3,(H,29,30,31)/t17-/m0/s1. The number of nitriles is 1. The SMILES string of the molecule is COc1cc(-n2cnc(Nc3nc(N4CCC[C@H]4CO)nc4cc(C#N)ccc34)c2)cc(OC)c1OC. The minimum atomic E-state index is -0.0382. The van der Waals surface area contributed by atoms with E-state index in [-0.39, 0.29) is 12.6 Å². The van der Waals surface area contributed by atoms with E-state index in [2.05, 4.69) is 16.4 Å². The predicted molar refractivity (Wildman–Crippen MR) is 138 cm³/mol. The molecule has 0 amide bonds. The van der Waals surface area contributed by atoms with Crippen LogP contribution in [-0.2, 0) is 0 Å². The number of anilines is 3. The fraction of sp³-hybridized carbons (Fsp3) is 0.308. The van der Waals surface area contributed by atoms with Gasteiger partial charge in [0.15, 0.2) is 11.5 Å². The highest BCUT2D eigenvalue weighted by molar-refractivity contribution is 5.92. The molecule has 0 saturated carbocycles. The molecule has 2 aromatic heterocycles. The van der Waals surface area contributed by atoms with E-state index in [0.29, 0.717) is 45.9 Å². The monoisotopic (exact) mass is 501 g/mol. The maximum atomic E-state index is 9.82. The first-order valence-electron chi connectivity index (χ1n) is 11.8. The summed E-state index contributed by atoms with van der Waals surface area (Å²) < 4.78 is 18.2. The smallest absolute Gasteiger partial charge is 0.228 e. The number of rotatable bonds is 8. The Morgan fingerprint density at radius 1 is 1.11 bits per heavy atom. The second-order valence-electron chi connectivity index (χ2n) is 8.56. The topological polar surface area (TPSA) is 131 Å². The number of nitrogens with one attached hydrogen (secondary N) is 1. The van der Waals surface area contributed by atoms with E-state index < -0.39 is 0 Å². The van der Waals surface area contributed by atoms with Crippen molar-refractivity contribution in [2.45, 2.75) is 18.9 Å². The van der Waals surface area contributed by atoms with Crippen LogP contribution in [0.15, 0.2) is 42.9 Å². The molecule has 11 heteroatoms. The number of hydrogen-bond donors (Lipinski definition) is 2. The molecule has 1 fully saturated rings. The highest BCUT2D eigenvalue weighted by atomic mass is 16.5. The molecule has 1 aliphatic rings. The summed E-state index contributed by atoms with van der Waals surface area (Å²) in [7, 11) is 4.70. The molecule has 0 bridgehead atoms. The number of methoxy groups -OCH3 is 3. The largest absolute Gasteiger partial charge is 0.493 e. The molecule has 5 rings (SSSR count). The summed E-state index contributed by atoms with van der Waals surface area (Å²) in [6.45, 7) is 0.783. The third-order valence-corrected chi connectivity index (χ3v) is 6.44. The summed E-state index contributed by atoms with van der Waals surface area (Å²) in [4.78, 5) is 16.0. The van der Waals surface area contributed by atoms with Crippen LogP contribution >= 0.6 is 0 Å². The van der Waals surface area contributed by atoms with Gasteiger partial charge >= 0.3 is 0 Å². The van der Waals surface area contributed by atoms with Gasteiger partial charge in [-0.25, -0.2) is 9.97 Å². The molecule has 2 aromatic carbocycles. The summed E-state index contributed by atoms with van der Waals surface area (Å²) in [5.74, 6) is 3.19. The van der Waals surface area contributed by atoms with E-state index in [9.17, 15) is 10.4 Å². The van der Waals surface area contributed by atoms with Crippen LogP contribution in [0.4, 0.5) is 17.6 Å². The first-order chi connectivity index (χ1) is 18.1. The van der Waals surface area contributed by atoms with Crippen molar-refractivity contribution in [3.05, 3.63) is 48.4 Å². The zero-order chi connectivity index (χ0) is 25.9. The average molecular weight is 502 g/mol. The van der Waals surface area contributed by atoms with Crippen molar-refractivity contribution < 1.29 is 19.3 Å². The third kappa shape index (κ3) is 4.54. The maximum absolute atomic E-state index is 9.82. The summed E-state index contributed by atoms with van der Waals surface area (Å²) >= 11 is 0. The lowest BCUT2D eigenvalue weighted by Crippen LogP contribution is -2.33. The highest BCUT2D eigenvalue weighted by Crippen LogP contribution is 2.39. The number of aliphatic hydroxyl groups is 1. The molecule has 190 valence electrons. The molecule has 1 atom stereocenters. The van der Waals surface area contributed by atoms with E-state index in [1.165, 1.54) is 0 Å². The van der Waals surface area contributed by atoms with Gasteiger partial charge in [0.2, 0.25) is 11.7 Å². The summed E-state index contributed by atoms with van der Waals surface area (Å²) in [6, 6.07) is 11.1. The molecule has 2 N–H and O–H groups in total. The van der Waals surface area contributed by atoms with Crippen LogP contribution in [0.5, 0.6) is 17.2 Å². The number of aromatic nitrogens is 4. The predicted octanol–water partition coefficient (Wildman–Crippen LogP) is 3.42. The number of nitrogens with zero attached hydrogens (tertiary/aromatic N) is 6. The fourth-order valence-electron chi connectivity index (χ4n) is 4.57. The number of ether oxygens (including phenoxy) is 3. The lowest BCUT2D eigenvalue weighted by atomic mass is 10.1. The molecule has 4 aromatic rings. The summed E-state index contributed by atoms with van der Waals surface area (Å²) in [5, 5.41) is 23.3. The van der Waals surface area contributed by atoms with Crippen molar-refractivity contribution in [1.82, 2.24) is 19.5 Å². The molecule has 0 aliphatic carbocycles. The van der Waals surface area contributed by atoms with Gasteiger partial charge in [-0.1, -0.05) is 0 Å². The van der Waals surface area contributed by atoms with Crippen LogP contribution in [0.3, 0.4) is 0 Å². The second kappa shape index (κ2) is 10.2. The number of benzene rings is 2. The van der Waals surface area contributed by atoms with Crippen molar-refractivity contribution in [3.8, 4) is 29.0 Å². The zero-order valence-electron chi connectivity index (χ0n) is 20.8. The Morgan fingerprint density at radius 3 is 2.57 bits per heavy atom. The quantitative estimate of drug-likeness (QED) is 0.370. The van der Waals surface area contributed by atoms with Gasteiger partial charge in [0.25, 0.3) is 0 Å². The minimum Gasteiger partial charge on any atom is -0.493 e. The van der Waals surface area contributed by atoms with Gasteiger partial charge in [0, 0.05) is 24.1 Å². The van der Waals surface area contributed by atoms with Gasteiger partial charge < -0.3 is 34.1 Å². The Bertz CT molecular complexity index is 1450. The zero-order valence-corrected chi connectivity index (χ0v) is 20.8. The van der Waals surface area contributed by atoms with E-state index in [4.69, 9.17) is 24.2 Å². The Hall–Kier alpha value is -4.56. The van der Waals surface area contributed by atoms with Crippen LogP contribution in [0.2, 0.25) is 0 Å². The second-order valence-corrected chi connectivity index (χ2v) is 8.56. The molecule has 11 nitrogen and oxygen atoms in total. The normalized spacial score (nSPS) is 15.0. The summed E-state index contributed by atoms with van der Waals surface area (Å²) in [5.41, 5.74) is 1.92. The van der Waals surface area contributed by atoms with Crippen LogP contribution in [0, 0.1) is 11.3 Å². The van der Waals surface area contributed by atoms with E-state index in [1.54, 1.807) is 39.8 Å². The minimum absolute atomic E-state index is 0.0294. The van der Waals surface area contributed by atoms with Gasteiger partial charge in [0.1, 0.15) is 18.0 Å². The number of imidazole rings is 1. The first kappa shape index (κ1) is 24.1. The maximum Gasteiger partial charge on any atom is 0.228 e. The van der Waals surface area contributed by atoms with Crippen molar-refractivity contribution in [1.29, 1.82) is 5.26 Å². The Labute approximate surface area is 213 Å². The van der Waals surface area contributed by atoms with Crippen molar-refractivity contribution in [3.63, 3.8) is 0 Å². The molecule has 1 aliphatic heterocycles. The van der Waals surface area contributed by atoms with Crippen LogP contribution < -0.4 is 24.4 Å².